The lowest BCUT2D eigenvalue weighted by molar-refractivity contribution is 0.189. The summed E-state index contributed by atoms with van der Waals surface area (Å²) in [5.74, 6) is 0.649. The molecule has 1 atom stereocenters. The minimum Gasteiger partial charge on any atom is -0.386 e. The van der Waals surface area contributed by atoms with E-state index in [1.807, 2.05) is 13.8 Å². The van der Waals surface area contributed by atoms with Crippen molar-refractivity contribution >= 4 is 23.4 Å². The second-order valence-electron chi connectivity index (χ2n) is 4.31. The molecule has 5 heteroatoms. The predicted octanol–water partition coefficient (Wildman–Crippen LogP) is 3.29. The highest BCUT2D eigenvalue weighted by Gasteiger charge is 2.19. The van der Waals surface area contributed by atoms with Gasteiger partial charge in [-0.2, -0.15) is 16.9 Å². The Balaban J connectivity index is 2.81. The Morgan fingerprint density at radius 1 is 1.44 bits per heavy atom. The minimum atomic E-state index is -0.551. The average molecular weight is 263 g/mol. The number of aromatic nitrogens is 2. The Bertz CT molecular complexity index is 339. The van der Waals surface area contributed by atoms with Crippen LogP contribution in [0.2, 0.25) is 5.02 Å². The number of aliphatic hydroxyl groups is 1. The highest BCUT2D eigenvalue weighted by atomic mass is 35.5. The van der Waals surface area contributed by atoms with Crippen LogP contribution in [0.1, 0.15) is 45.5 Å². The number of rotatable bonds is 5. The molecule has 0 bridgehead atoms. The van der Waals surface area contributed by atoms with Gasteiger partial charge in [-0.1, -0.05) is 25.4 Å². The molecule has 1 rings (SSSR count). The number of thioether (sulfide) groups is 1. The zero-order chi connectivity index (χ0) is 12.3. The summed E-state index contributed by atoms with van der Waals surface area (Å²) in [7, 11) is 0. The van der Waals surface area contributed by atoms with Crippen LogP contribution in [0.5, 0.6) is 0 Å². The first-order valence-electron chi connectivity index (χ1n) is 5.46. The molecule has 0 saturated carbocycles. The van der Waals surface area contributed by atoms with Crippen molar-refractivity contribution in [1.82, 2.24) is 9.78 Å². The van der Waals surface area contributed by atoms with Crippen LogP contribution in [0.4, 0.5) is 0 Å². The van der Waals surface area contributed by atoms with Crippen molar-refractivity contribution in [2.24, 2.45) is 0 Å². The molecule has 0 saturated heterocycles. The third-order valence-corrected chi connectivity index (χ3v) is 3.65. The van der Waals surface area contributed by atoms with Gasteiger partial charge >= 0.3 is 0 Å². The van der Waals surface area contributed by atoms with Crippen LogP contribution in [0.15, 0.2) is 6.20 Å². The normalized spacial score (nSPS) is 13.8. The molecule has 1 aromatic rings. The zero-order valence-electron chi connectivity index (χ0n) is 10.1. The van der Waals surface area contributed by atoms with Crippen molar-refractivity contribution in [1.29, 1.82) is 0 Å². The van der Waals surface area contributed by atoms with Crippen molar-refractivity contribution in [2.75, 3.05) is 5.75 Å². The van der Waals surface area contributed by atoms with E-state index >= 15 is 0 Å². The molecule has 0 spiro atoms. The van der Waals surface area contributed by atoms with Gasteiger partial charge in [0.25, 0.3) is 0 Å². The Kier molecular flexibility index (Phi) is 5.15. The van der Waals surface area contributed by atoms with E-state index in [9.17, 15) is 5.11 Å². The van der Waals surface area contributed by atoms with Gasteiger partial charge in [0.2, 0.25) is 0 Å². The topological polar surface area (TPSA) is 38.1 Å². The van der Waals surface area contributed by atoms with Gasteiger partial charge < -0.3 is 5.11 Å². The van der Waals surface area contributed by atoms with Crippen LogP contribution in [0, 0.1) is 0 Å². The first-order chi connectivity index (χ1) is 7.43. The lowest BCUT2D eigenvalue weighted by Gasteiger charge is -2.17. The number of hydrogen-bond acceptors (Lipinski definition) is 3. The van der Waals surface area contributed by atoms with Gasteiger partial charge in [0, 0.05) is 11.8 Å². The molecule has 0 aliphatic heterocycles. The second-order valence-corrected chi connectivity index (χ2v) is 6.33. The molecule has 0 amide bonds. The zero-order valence-corrected chi connectivity index (χ0v) is 11.7. The molecular weight excluding hydrogens is 244 g/mol. The maximum Gasteiger partial charge on any atom is 0.106 e. The molecule has 16 heavy (non-hydrogen) atoms. The standard InChI is InChI=1S/C11H19ClN2OS/c1-7(2)14-11(9(12)5-13-14)10(15)6-16-8(3)4/h5,7-8,10,15H,6H2,1-4H3. The maximum absolute atomic E-state index is 10.1. The maximum atomic E-state index is 10.1. The summed E-state index contributed by atoms with van der Waals surface area (Å²) in [5.41, 5.74) is 0.727. The number of nitrogens with zero attached hydrogens (tertiary/aromatic N) is 2. The number of aliphatic hydroxyl groups excluding tert-OH is 1. The van der Waals surface area contributed by atoms with Crippen LogP contribution >= 0.6 is 23.4 Å². The summed E-state index contributed by atoms with van der Waals surface area (Å²) >= 11 is 7.76. The van der Waals surface area contributed by atoms with Crippen LogP contribution in [0.25, 0.3) is 0 Å². The summed E-state index contributed by atoms with van der Waals surface area (Å²) in [4.78, 5) is 0. The molecule has 1 aromatic heterocycles. The van der Waals surface area contributed by atoms with E-state index in [1.165, 1.54) is 0 Å². The Morgan fingerprint density at radius 2 is 2.06 bits per heavy atom. The van der Waals surface area contributed by atoms with E-state index in [-0.39, 0.29) is 6.04 Å². The number of hydrogen-bond donors (Lipinski definition) is 1. The van der Waals surface area contributed by atoms with Crippen molar-refractivity contribution in [2.45, 2.75) is 45.1 Å². The molecule has 0 fully saturated rings. The molecule has 0 aliphatic carbocycles. The smallest absolute Gasteiger partial charge is 0.106 e. The van der Waals surface area contributed by atoms with Gasteiger partial charge in [0.15, 0.2) is 0 Å². The Morgan fingerprint density at radius 3 is 2.56 bits per heavy atom. The first-order valence-corrected chi connectivity index (χ1v) is 6.88. The SMILES string of the molecule is CC(C)SCC(O)c1c(Cl)cnn1C(C)C. The van der Waals surface area contributed by atoms with Gasteiger partial charge in [-0.05, 0) is 19.1 Å². The average Bonchev–Trinajstić information content (AvgIpc) is 2.56. The molecule has 1 heterocycles. The monoisotopic (exact) mass is 262 g/mol. The van der Waals surface area contributed by atoms with E-state index in [0.717, 1.165) is 5.69 Å². The molecule has 1 unspecified atom stereocenters. The molecule has 1 N–H and O–H groups in total. The van der Waals surface area contributed by atoms with Gasteiger partial charge in [-0.3, -0.25) is 4.68 Å². The van der Waals surface area contributed by atoms with Gasteiger partial charge in [0.05, 0.1) is 16.9 Å². The fourth-order valence-corrected chi connectivity index (χ4v) is 2.42. The quantitative estimate of drug-likeness (QED) is 0.885. The van der Waals surface area contributed by atoms with Crippen molar-refractivity contribution < 1.29 is 5.11 Å². The lowest BCUT2D eigenvalue weighted by Crippen LogP contribution is -2.13. The van der Waals surface area contributed by atoms with Crippen molar-refractivity contribution in [3.8, 4) is 0 Å². The number of halogens is 1. The summed E-state index contributed by atoms with van der Waals surface area (Å²) in [6, 6.07) is 0.209. The Hall–Kier alpha value is -0.190. The van der Waals surface area contributed by atoms with E-state index in [0.29, 0.717) is 16.0 Å². The lowest BCUT2D eigenvalue weighted by atomic mass is 10.2. The van der Waals surface area contributed by atoms with E-state index in [1.54, 1.807) is 22.6 Å². The molecule has 0 aromatic carbocycles. The Labute approximate surface area is 106 Å². The third-order valence-electron chi connectivity index (χ3n) is 2.18. The van der Waals surface area contributed by atoms with Crippen molar-refractivity contribution in [3.05, 3.63) is 16.9 Å². The van der Waals surface area contributed by atoms with Crippen LogP contribution in [0.3, 0.4) is 0 Å². The van der Waals surface area contributed by atoms with Crippen molar-refractivity contribution in [3.63, 3.8) is 0 Å². The van der Waals surface area contributed by atoms with Crippen LogP contribution < -0.4 is 0 Å². The highest BCUT2D eigenvalue weighted by Crippen LogP contribution is 2.28. The van der Waals surface area contributed by atoms with E-state index in [4.69, 9.17) is 11.6 Å². The van der Waals surface area contributed by atoms with Gasteiger partial charge in [-0.25, -0.2) is 0 Å². The summed E-state index contributed by atoms with van der Waals surface area (Å²) < 4.78 is 1.79. The summed E-state index contributed by atoms with van der Waals surface area (Å²) in [6.45, 7) is 8.27. The van der Waals surface area contributed by atoms with Gasteiger partial charge in [-0.15, -0.1) is 0 Å². The summed E-state index contributed by atoms with van der Waals surface area (Å²) in [6.07, 6.45) is 1.05. The summed E-state index contributed by atoms with van der Waals surface area (Å²) in [5, 5.41) is 15.3. The molecule has 92 valence electrons. The minimum absolute atomic E-state index is 0.209. The van der Waals surface area contributed by atoms with Crippen LogP contribution in [-0.4, -0.2) is 25.9 Å². The van der Waals surface area contributed by atoms with Gasteiger partial charge in [0.1, 0.15) is 6.10 Å². The third kappa shape index (κ3) is 3.40. The van der Waals surface area contributed by atoms with Crippen LogP contribution in [-0.2, 0) is 0 Å². The molecule has 0 aliphatic rings. The first kappa shape index (κ1) is 13.9. The molecule has 0 radical (unpaired) electrons. The second kappa shape index (κ2) is 5.94. The predicted molar refractivity (Wildman–Crippen MR) is 70.2 cm³/mol. The molecule has 3 nitrogen and oxygen atoms in total. The fourth-order valence-electron chi connectivity index (χ4n) is 1.44. The molecular formula is C11H19ClN2OS. The fraction of sp³-hybridized carbons (Fsp3) is 0.727. The highest BCUT2D eigenvalue weighted by molar-refractivity contribution is 7.99. The largest absolute Gasteiger partial charge is 0.386 e. The van der Waals surface area contributed by atoms with E-state index < -0.39 is 6.10 Å². The van der Waals surface area contributed by atoms with E-state index in [2.05, 4.69) is 18.9 Å².